The maximum atomic E-state index is 3.78. The molecule has 0 heteroatoms. The molecule has 104 valence electrons. The summed E-state index contributed by atoms with van der Waals surface area (Å²) in [5.74, 6) is 0. The zero-order chi connectivity index (χ0) is 15.1. The Morgan fingerprint density at radius 2 is 1.20 bits per heavy atom. The fraction of sp³-hybridized carbons (Fsp3) is 0.200. The monoisotopic (exact) mass is 264 g/mol. The van der Waals surface area contributed by atoms with Crippen LogP contribution in [0.4, 0.5) is 0 Å². The highest BCUT2D eigenvalue weighted by atomic mass is 14.0. The first kappa shape index (κ1) is 16.0. The van der Waals surface area contributed by atoms with Crippen LogP contribution in [0.3, 0.4) is 0 Å². The third kappa shape index (κ3) is 4.55. The van der Waals surface area contributed by atoms with Gasteiger partial charge < -0.3 is 0 Å². The number of hydrogen-bond donors (Lipinski definition) is 0. The highest BCUT2D eigenvalue weighted by Gasteiger charge is 1.98. The summed E-state index contributed by atoms with van der Waals surface area (Å²) in [5, 5.41) is 0. The molecule has 0 unspecified atom stereocenters. The van der Waals surface area contributed by atoms with E-state index in [0.717, 1.165) is 0 Å². The van der Waals surface area contributed by atoms with Crippen LogP contribution in [0.1, 0.15) is 33.4 Å². The van der Waals surface area contributed by atoms with Crippen molar-refractivity contribution in [1.82, 2.24) is 0 Å². The normalized spacial score (nSPS) is 9.40. The maximum absolute atomic E-state index is 3.78. The van der Waals surface area contributed by atoms with Crippen molar-refractivity contribution in [3.8, 4) is 0 Å². The molecule has 2 aromatic rings. The van der Waals surface area contributed by atoms with Crippen molar-refractivity contribution in [1.29, 1.82) is 0 Å². The quantitative estimate of drug-likeness (QED) is 0.634. The van der Waals surface area contributed by atoms with Crippen molar-refractivity contribution in [2.45, 2.75) is 27.7 Å². The average Bonchev–Trinajstić information content (AvgIpc) is 2.40. The van der Waals surface area contributed by atoms with Crippen LogP contribution in [0.25, 0.3) is 12.2 Å². The third-order valence-corrected chi connectivity index (χ3v) is 3.26. The Labute approximate surface area is 123 Å². The van der Waals surface area contributed by atoms with Gasteiger partial charge in [0.2, 0.25) is 0 Å². The Bertz CT molecular complexity index is 563. The van der Waals surface area contributed by atoms with Crippen molar-refractivity contribution < 1.29 is 0 Å². The SMILES string of the molecule is C=Cc1c(C)cc(C)cc1C.C=Cc1ccc(C)cc1. The van der Waals surface area contributed by atoms with Gasteiger partial charge in [-0.2, -0.15) is 0 Å². The summed E-state index contributed by atoms with van der Waals surface area (Å²) in [6, 6.07) is 12.6. The predicted molar refractivity (Wildman–Crippen MR) is 92.0 cm³/mol. The van der Waals surface area contributed by atoms with Gasteiger partial charge in [0.25, 0.3) is 0 Å². The van der Waals surface area contributed by atoms with Crippen molar-refractivity contribution in [3.05, 3.63) is 82.9 Å². The fourth-order valence-electron chi connectivity index (χ4n) is 2.22. The minimum atomic E-state index is 1.18. The molecule has 0 spiro atoms. The molecule has 0 bridgehead atoms. The molecule has 0 radical (unpaired) electrons. The topological polar surface area (TPSA) is 0 Å². The second-order valence-electron chi connectivity index (χ2n) is 5.13. The van der Waals surface area contributed by atoms with E-state index in [1.165, 1.54) is 33.4 Å². The van der Waals surface area contributed by atoms with Crippen LogP contribution in [0.2, 0.25) is 0 Å². The van der Waals surface area contributed by atoms with Gasteiger partial charge in [-0.25, -0.2) is 0 Å². The van der Waals surface area contributed by atoms with Crippen LogP contribution in [-0.4, -0.2) is 0 Å². The van der Waals surface area contributed by atoms with Gasteiger partial charge in [-0.1, -0.05) is 72.8 Å². The lowest BCUT2D eigenvalue weighted by Crippen LogP contribution is -1.87. The smallest absolute Gasteiger partial charge is 0.0204 e. The molecule has 0 N–H and O–H groups in total. The highest BCUT2D eigenvalue weighted by molar-refractivity contribution is 5.56. The van der Waals surface area contributed by atoms with Crippen LogP contribution < -0.4 is 0 Å². The highest BCUT2D eigenvalue weighted by Crippen LogP contribution is 2.16. The second-order valence-corrected chi connectivity index (χ2v) is 5.13. The van der Waals surface area contributed by atoms with Gasteiger partial charge in [0.1, 0.15) is 0 Å². The van der Waals surface area contributed by atoms with E-state index in [9.17, 15) is 0 Å². The van der Waals surface area contributed by atoms with Gasteiger partial charge in [0.15, 0.2) is 0 Å². The van der Waals surface area contributed by atoms with Crippen molar-refractivity contribution in [2.24, 2.45) is 0 Å². The molecule has 0 amide bonds. The molecule has 0 aliphatic carbocycles. The Balaban J connectivity index is 0.000000204. The van der Waals surface area contributed by atoms with Crippen LogP contribution in [0.5, 0.6) is 0 Å². The third-order valence-electron chi connectivity index (χ3n) is 3.26. The summed E-state index contributed by atoms with van der Waals surface area (Å²) in [4.78, 5) is 0. The van der Waals surface area contributed by atoms with E-state index >= 15 is 0 Å². The number of benzene rings is 2. The molecule has 0 saturated carbocycles. The summed E-state index contributed by atoms with van der Waals surface area (Å²) in [6.45, 7) is 15.9. The van der Waals surface area contributed by atoms with Gasteiger partial charge in [-0.05, 0) is 49.9 Å². The van der Waals surface area contributed by atoms with Gasteiger partial charge in [-0.3, -0.25) is 0 Å². The molecule has 0 saturated heterocycles. The molecular formula is C20H24. The summed E-state index contributed by atoms with van der Waals surface area (Å²) in [7, 11) is 0. The van der Waals surface area contributed by atoms with Gasteiger partial charge in [0, 0.05) is 0 Å². The lowest BCUT2D eigenvalue weighted by Gasteiger charge is -2.05. The van der Waals surface area contributed by atoms with E-state index in [4.69, 9.17) is 0 Å². The first-order valence-electron chi connectivity index (χ1n) is 6.87. The first-order chi connectivity index (χ1) is 9.47. The fourth-order valence-corrected chi connectivity index (χ4v) is 2.22. The molecule has 0 heterocycles. The number of rotatable bonds is 2. The molecular weight excluding hydrogens is 240 g/mol. The van der Waals surface area contributed by atoms with Crippen LogP contribution in [0.15, 0.2) is 49.6 Å². The second kappa shape index (κ2) is 7.49. The first-order valence-corrected chi connectivity index (χ1v) is 6.87. The summed E-state index contributed by atoms with van der Waals surface area (Å²) < 4.78 is 0. The summed E-state index contributed by atoms with van der Waals surface area (Å²) in [6.07, 6.45) is 3.77. The van der Waals surface area contributed by atoms with Crippen LogP contribution in [-0.2, 0) is 0 Å². The summed E-state index contributed by atoms with van der Waals surface area (Å²) in [5.41, 5.74) is 7.71. The van der Waals surface area contributed by atoms with Gasteiger partial charge in [0.05, 0.1) is 0 Å². The summed E-state index contributed by atoms with van der Waals surface area (Å²) >= 11 is 0. The minimum absolute atomic E-state index is 1.18. The molecule has 0 fully saturated rings. The Morgan fingerprint density at radius 3 is 1.60 bits per heavy atom. The van der Waals surface area contributed by atoms with E-state index in [1.807, 2.05) is 12.2 Å². The predicted octanol–water partition coefficient (Wildman–Crippen LogP) is 5.89. The van der Waals surface area contributed by atoms with Gasteiger partial charge >= 0.3 is 0 Å². The van der Waals surface area contributed by atoms with Crippen molar-refractivity contribution in [3.63, 3.8) is 0 Å². The van der Waals surface area contributed by atoms with Gasteiger partial charge in [-0.15, -0.1) is 0 Å². The van der Waals surface area contributed by atoms with E-state index in [2.05, 4.69) is 77.3 Å². The molecule has 20 heavy (non-hydrogen) atoms. The van der Waals surface area contributed by atoms with E-state index < -0.39 is 0 Å². The van der Waals surface area contributed by atoms with Crippen LogP contribution >= 0.6 is 0 Å². The largest absolute Gasteiger partial charge is 0.0985 e. The van der Waals surface area contributed by atoms with E-state index in [1.54, 1.807) is 0 Å². The number of hydrogen-bond acceptors (Lipinski definition) is 0. The van der Waals surface area contributed by atoms with E-state index in [0.29, 0.717) is 0 Å². The molecule has 0 aliphatic rings. The van der Waals surface area contributed by atoms with E-state index in [-0.39, 0.29) is 0 Å². The lowest BCUT2D eigenvalue weighted by atomic mass is 10.0. The zero-order valence-corrected chi connectivity index (χ0v) is 13.0. The molecule has 0 nitrogen and oxygen atoms in total. The Hall–Kier alpha value is -2.08. The Morgan fingerprint density at radius 1 is 0.700 bits per heavy atom. The molecule has 2 aromatic carbocycles. The van der Waals surface area contributed by atoms with Crippen molar-refractivity contribution in [2.75, 3.05) is 0 Å². The minimum Gasteiger partial charge on any atom is -0.0985 e. The lowest BCUT2D eigenvalue weighted by molar-refractivity contribution is 1.30. The van der Waals surface area contributed by atoms with Crippen molar-refractivity contribution >= 4 is 12.2 Å². The molecule has 0 aliphatic heterocycles. The molecule has 2 rings (SSSR count). The molecule has 0 atom stereocenters. The van der Waals surface area contributed by atoms with Crippen LogP contribution in [0, 0.1) is 27.7 Å². The number of aryl methyl sites for hydroxylation is 4. The average molecular weight is 264 g/mol. The Kier molecular flexibility index (Phi) is 5.99. The maximum Gasteiger partial charge on any atom is -0.0204 e. The molecule has 0 aromatic heterocycles. The standard InChI is InChI=1S/C11H14.C9H10/c1-5-11-9(3)6-8(2)7-10(11)4;1-3-9-6-4-8(2)5-7-9/h5-7H,1H2,2-4H3;3-7H,1H2,2H3. The zero-order valence-electron chi connectivity index (χ0n) is 13.0.